The molecule has 1 amide bonds. The van der Waals surface area contributed by atoms with Gasteiger partial charge in [-0.1, -0.05) is 13.5 Å². The number of ether oxygens (including phenoxy) is 1. The van der Waals surface area contributed by atoms with Gasteiger partial charge in [0.1, 0.15) is 25.3 Å². The van der Waals surface area contributed by atoms with Crippen LogP contribution in [0.4, 0.5) is 10.1 Å². The number of alkyl halides is 1. The van der Waals surface area contributed by atoms with Gasteiger partial charge in [0, 0.05) is 18.3 Å². The van der Waals surface area contributed by atoms with E-state index in [2.05, 4.69) is 25.5 Å². The van der Waals surface area contributed by atoms with Crippen LogP contribution in [0, 0.1) is 0 Å². The summed E-state index contributed by atoms with van der Waals surface area (Å²) < 4.78 is 23.0. The van der Waals surface area contributed by atoms with E-state index in [0.717, 1.165) is 11.4 Å². The van der Waals surface area contributed by atoms with Gasteiger partial charge in [-0.05, 0) is 37.1 Å². The highest BCUT2D eigenvalue weighted by atomic mass is 19.1. The van der Waals surface area contributed by atoms with Gasteiger partial charge in [0.05, 0.1) is 35.0 Å². The van der Waals surface area contributed by atoms with Crippen molar-refractivity contribution in [2.24, 2.45) is 0 Å². The third-order valence-corrected chi connectivity index (χ3v) is 5.94. The fraction of sp³-hybridized carbons (Fsp3) is 0.292. The number of benzene rings is 1. The van der Waals surface area contributed by atoms with Crippen molar-refractivity contribution in [2.75, 3.05) is 18.6 Å². The lowest BCUT2D eigenvalue weighted by molar-refractivity contribution is 0.102. The number of para-hydroxylation sites is 1. The Labute approximate surface area is 195 Å². The van der Waals surface area contributed by atoms with Crippen LogP contribution in [-0.2, 0) is 0 Å². The summed E-state index contributed by atoms with van der Waals surface area (Å²) in [5.74, 6) is 1.08. The quantitative estimate of drug-likeness (QED) is 0.478. The van der Waals surface area contributed by atoms with Gasteiger partial charge in [0.15, 0.2) is 11.6 Å². The zero-order chi connectivity index (χ0) is 22.4. The minimum absolute atomic E-state index is 0. The number of hydrogen-bond acceptors (Lipinski definition) is 6. The molecule has 1 aliphatic heterocycles. The monoisotopic (exact) mass is 461 g/mol. The Bertz CT molecular complexity index is 1340. The summed E-state index contributed by atoms with van der Waals surface area (Å²) in [5.41, 5.74) is 3.22. The maximum absolute atomic E-state index is 13.6. The second kappa shape index (κ2) is 8.69. The first-order valence-electron chi connectivity index (χ1n) is 10.7. The van der Waals surface area contributed by atoms with Crippen molar-refractivity contribution in [1.29, 1.82) is 0 Å². The summed E-state index contributed by atoms with van der Waals surface area (Å²) in [5, 5.41) is 10.9. The van der Waals surface area contributed by atoms with Crippen LogP contribution < -0.4 is 10.1 Å². The van der Waals surface area contributed by atoms with E-state index in [1.54, 1.807) is 35.3 Å². The van der Waals surface area contributed by atoms with Gasteiger partial charge in [-0.2, -0.15) is 0 Å². The number of imidazole rings is 1. The molecule has 9 nitrogen and oxygen atoms in total. The van der Waals surface area contributed by atoms with Crippen LogP contribution in [0.3, 0.4) is 0 Å². The smallest absolute Gasteiger partial charge is 0.274 e. The molecular weight excluding hydrogens is 437 g/mol. The molecule has 6 rings (SSSR count). The van der Waals surface area contributed by atoms with Gasteiger partial charge in [-0.25, -0.2) is 9.37 Å². The van der Waals surface area contributed by atoms with Crippen LogP contribution in [-0.4, -0.2) is 48.5 Å². The molecule has 1 saturated carbocycles. The number of nitrogens with one attached hydrogen (secondary N) is 1. The largest absolute Gasteiger partial charge is 0.488 e. The number of nitrogens with zero attached hydrogens (tertiary/aromatic N) is 6. The predicted octanol–water partition coefficient (Wildman–Crippen LogP) is 4.19. The van der Waals surface area contributed by atoms with Gasteiger partial charge < -0.3 is 19.2 Å². The Morgan fingerprint density at radius 1 is 1.21 bits per heavy atom. The van der Waals surface area contributed by atoms with Crippen LogP contribution in [0.5, 0.6) is 5.75 Å². The standard InChI is InChI=1S/C23H20FN7O2.CH4/c24-9-16-11-33-21-17(22-29-27-13-31(16)22)2-1-3-18(21)28-23(32)19-8-15(6-7-25-19)30-10-20(26-12-30)14-4-5-14;/h1-3,6-8,10,12-14,16H,4-5,9,11H2,(H,28,32);1H4/t16-;/m0./s1. The highest BCUT2D eigenvalue weighted by molar-refractivity contribution is 6.04. The van der Waals surface area contributed by atoms with Crippen molar-refractivity contribution in [3.8, 4) is 22.8 Å². The number of anilines is 1. The van der Waals surface area contributed by atoms with E-state index in [1.165, 1.54) is 19.2 Å². The molecule has 4 aromatic rings. The van der Waals surface area contributed by atoms with E-state index in [0.29, 0.717) is 28.7 Å². The van der Waals surface area contributed by atoms with Crippen LogP contribution in [0.1, 0.15) is 48.4 Å². The van der Waals surface area contributed by atoms with E-state index in [1.807, 2.05) is 22.9 Å². The maximum Gasteiger partial charge on any atom is 0.274 e. The van der Waals surface area contributed by atoms with Crippen molar-refractivity contribution in [1.82, 2.24) is 29.3 Å². The highest BCUT2D eigenvalue weighted by Gasteiger charge is 2.27. The van der Waals surface area contributed by atoms with Crippen molar-refractivity contribution >= 4 is 11.6 Å². The van der Waals surface area contributed by atoms with Crippen molar-refractivity contribution < 1.29 is 13.9 Å². The van der Waals surface area contributed by atoms with Crippen molar-refractivity contribution in [2.45, 2.75) is 32.2 Å². The molecule has 0 unspecified atom stereocenters. The lowest BCUT2D eigenvalue weighted by Gasteiger charge is -2.14. The molecule has 4 heterocycles. The molecule has 1 fully saturated rings. The fourth-order valence-electron chi connectivity index (χ4n) is 4.01. The number of carbonyl (C=O) groups excluding carboxylic acids is 1. The zero-order valence-electron chi connectivity index (χ0n) is 17.6. The van der Waals surface area contributed by atoms with Crippen molar-refractivity contribution in [3.05, 3.63) is 66.8 Å². The Balaban J connectivity index is 0.00000241. The summed E-state index contributed by atoms with van der Waals surface area (Å²) in [7, 11) is 0. The first kappa shape index (κ1) is 21.7. The third kappa shape index (κ3) is 3.81. The van der Waals surface area contributed by atoms with Gasteiger partial charge in [0.25, 0.3) is 5.91 Å². The summed E-state index contributed by atoms with van der Waals surface area (Å²) in [4.78, 5) is 21.8. The van der Waals surface area contributed by atoms with E-state index >= 15 is 0 Å². The van der Waals surface area contributed by atoms with Crippen LogP contribution in [0.15, 0.2) is 55.4 Å². The molecule has 0 spiro atoms. The topological polar surface area (TPSA) is 99.8 Å². The van der Waals surface area contributed by atoms with Gasteiger partial charge in [0.2, 0.25) is 0 Å². The normalized spacial score (nSPS) is 16.4. The number of carbonyl (C=O) groups is 1. The average Bonchev–Trinajstić information content (AvgIpc) is 3.42. The number of fused-ring (bicyclic) bond motifs is 3. The molecule has 174 valence electrons. The van der Waals surface area contributed by atoms with Gasteiger partial charge >= 0.3 is 0 Å². The molecule has 34 heavy (non-hydrogen) atoms. The molecule has 0 radical (unpaired) electrons. The van der Waals surface area contributed by atoms with Gasteiger partial charge in [-0.15, -0.1) is 10.2 Å². The van der Waals surface area contributed by atoms with Crippen LogP contribution in [0.25, 0.3) is 17.1 Å². The van der Waals surface area contributed by atoms with E-state index in [4.69, 9.17) is 4.74 Å². The first-order valence-corrected chi connectivity index (χ1v) is 10.7. The number of aromatic nitrogens is 6. The molecule has 10 heteroatoms. The van der Waals surface area contributed by atoms with Crippen LogP contribution in [0.2, 0.25) is 0 Å². The number of hydrogen-bond donors (Lipinski definition) is 1. The van der Waals surface area contributed by atoms with Crippen LogP contribution >= 0.6 is 0 Å². The first-order chi connectivity index (χ1) is 16.2. The molecule has 2 aliphatic rings. The number of halogens is 1. The minimum Gasteiger partial charge on any atom is -0.488 e. The zero-order valence-corrected chi connectivity index (χ0v) is 17.6. The molecule has 1 atom stereocenters. The van der Waals surface area contributed by atoms with E-state index in [9.17, 15) is 9.18 Å². The predicted molar refractivity (Wildman–Crippen MR) is 124 cm³/mol. The highest BCUT2D eigenvalue weighted by Crippen LogP contribution is 2.40. The number of rotatable bonds is 5. The fourth-order valence-corrected chi connectivity index (χ4v) is 4.01. The Kier molecular flexibility index (Phi) is 5.56. The molecule has 1 aliphatic carbocycles. The Morgan fingerprint density at radius 3 is 2.91 bits per heavy atom. The summed E-state index contributed by atoms with van der Waals surface area (Å²) in [6, 6.07) is 8.32. The average molecular weight is 462 g/mol. The molecular formula is C24H24FN7O2. The summed E-state index contributed by atoms with van der Waals surface area (Å²) in [6.07, 6.45) is 9.19. The van der Waals surface area contributed by atoms with E-state index in [-0.39, 0.29) is 25.6 Å². The number of pyridine rings is 1. The van der Waals surface area contributed by atoms with Gasteiger partial charge in [-0.3, -0.25) is 9.78 Å². The minimum atomic E-state index is -0.617. The summed E-state index contributed by atoms with van der Waals surface area (Å²) in [6.45, 7) is -0.521. The van der Waals surface area contributed by atoms with E-state index < -0.39 is 12.7 Å². The third-order valence-electron chi connectivity index (χ3n) is 5.94. The molecule has 0 saturated heterocycles. The lowest BCUT2D eigenvalue weighted by atomic mass is 10.1. The second-order valence-electron chi connectivity index (χ2n) is 8.20. The molecule has 1 N–H and O–H groups in total. The summed E-state index contributed by atoms with van der Waals surface area (Å²) >= 11 is 0. The van der Waals surface area contributed by atoms with Crippen molar-refractivity contribution in [3.63, 3.8) is 0 Å². The number of amides is 1. The molecule has 0 bridgehead atoms. The lowest BCUT2D eigenvalue weighted by Crippen LogP contribution is -2.18. The molecule has 3 aromatic heterocycles. The Hall–Kier alpha value is -4.08. The second-order valence-corrected chi connectivity index (χ2v) is 8.20. The Morgan fingerprint density at radius 2 is 2.09 bits per heavy atom. The SMILES string of the molecule is C.O=C(Nc1cccc2c1OC[C@H](CF)n1cnnc1-2)c1cc(-n2cnc(C3CC3)c2)ccn1. The molecule has 1 aromatic carbocycles. The maximum atomic E-state index is 13.6.